The molecule has 1 aromatic rings. The first-order valence-corrected chi connectivity index (χ1v) is 8.80. The van der Waals surface area contributed by atoms with Crippen molar-refractivity contribution >= 4 is 15.9 Å². The minimum absolute atomic E-state index is 0.0813. The summed E-state index contributed by atoms with van der Waals surface area (Å²) in [7, 11) is -3.63. The fraction of sp³-hybridized carbons (Fsp3) is 0.500. The Morgan fingerprint density at radius 2 is 2.18 bits per heavy atom. The maximum Gasteiger partial charge on any atom is 0.255 e. The number of rotatable bonds is 4. The average molecular weight is 325 g/mol. The van der Waals surface area contributed by atoms with Gasteiger partial charge in [0.2, 0.25) is 10.0 Å². The van der Waals surface area contributed by atoms with Crippen LogP contribution in [0.3, 0.4) is 0 Å². The van der Waals surface area contributed by atoms with Gasteiger partial charge in [-0.25, -0.2) is 13.1 Å². The van der Waals surface area contributed by atoms with Gasteiger partial charge >= 0.3 is 0 Å². The number of sulfonamides is 1. The van der Waals surface area contributed by atoms with E-state index in [4.69, 9.17) is 4.74 Å². The molecule has 0 bridgehead atoms. The zero-order valence-electron chi connectivity index (χ0n) is 12.1. The second kappa shape index (κ2) is 6.23. The molecule has 1 fully saturated rings. The van der Waals surface area contributed by atoms with Crippen LogP contribution in [0.4, 0.5) is 0 Å². The fourth-order valence-corrected chi connectivity index (χ4v) is 3.74. The van der Waals surface area contributed by atoms with Crippen molar-refractivity contribution in [2.75, 3.05) is 32.8 Å². The van der Waals surface area contributed by atoms with Crippen molar-refractivity contribution in [3.63, 3.8) is 0 Å². The van der Waals surface area contributed by atoms with Crippen LogP contribution in [0.25, 0.3) is 0 Å². The number of fused-ring (bicyclic) bond motifs is 1. The molecule has 120 valence electrons. The van der Waals surface area contributed by atoms with Crippen LogP contribution in [0.5, 0.6) is 5.75 Å². The normalized spacial score (nSPS) is 21.6. The molecule has 0 saturated carbocycles. The molecule has 2 heterocycles. The van der Waals surface area contributed by atoms with E-state index in [1.165, 1.54) is 18.2 Å². The van der Waals surface area contributed by atoms with Crippen molar-refractivity contribution in [1.82, 2.24) is 15.4 Å². The number of hydrogen-bond acceptors (Lipinski definition) is 5. The Hall–Kier alpha value is -1.64. The van der Waals surface area contributed by atoms with Crippen molar-refractivity contribution in [1.29, 1.82) is 0 Å². The molecular weight excluding hydrogens is 306 g/mol. The van der Waals surface area contributed by atoms with Crippen molar-refractivity contribution < 1.29 is 17.9 Å². The van der Waals surface area contributed by atoms with Gasteiger partial charge < -0.3 is 15.4 Å². The van der Waals surface area contributed by atoms with Crippen LogP contribution >= 0.6 is 0 Å². The van der Waals surface area contributed by atoms with Gasteiger partial charge in [-0.05, 0) is 43.6 Å². The van der Waals surface area contributed by atoms with E-state index in [1.807, 2.05) is 0 Å². The van der Waals surface area contributed by atoms with Gasteiger partial charge in [-0.3, -0.25) is 4.79 Å². The summed E-state index contributed by atoms with van der Waals surface area (Å²) in [5.74, 6) is 0.403. The van der Waals surface area contributed by atoms with Crippen LogP contribution in [0.2, 0.25) is 0 Å². The lowest BCUT2D eigenvalue weighted by atomic mass is 10.1. The Morgan fingerprint density at radius 1 is 1.32 bits per heavy atom. The van der Waals surface area contributed by atoms with Gasteiger partial charge in [0.25, 0.3) is 5.91 Å². The quantitative estimate of drug-likeness (QED) is 0.706. The standard InChI is InChI=1S/C14H19N3O4S/c18-14-12-7-11(1-2-13(12)21-6-5-16-14)22(19,20)17-9-10-3-4-15-8-10/h1-2,7,10,15,17H,3-6,8-9H2,(H,16,18). The predicted octanol–water partition coefficient (Wildman–Crippen LogP) is -0.303. The maximum absolute atomic E-state index is 12.4. The monoisotopic (exact) mass is 325 g/mol. The fourth-order valence-electron chi connectivity index (χ4n) is 2.60. The third kappa shape index (κ3) is 3.23. The molecule has 2 aliphatic heterocycles. The lowest BCUT2D eigenvalue weighted by molar-refractivity contribution is 0.0957. The van der Waals surface area contributed by atoms with Crippen LogP contribution in [0.15, 0.2) is 23.1 Å². The number of carbonyl (C=O) groups is 1. The van der Waals surface area contributed by atoms with Crippen LogP contribution < -0.4 is 20.1 Å². The van der Waals surface area contributed by atoms with Gasteiger partial charge in [-0.15, -0.1) is 0 Å². The van der Waals surface area contributed by atoms with E-state index in [9.17, 15) is 13.2 Å². The van der Waals surface area contributed by atoms with Crippen molar-refractivity contribution in [3.8, 4) is 5.75 Å². The molecule has 0 spiro atoms. The summed E-state index contributed by atoms with van der Waals surface area (Å²) < 4.78 is 32.8. The summed E-state index contributed by atoms with van der Waals surface area (Å²) in [6.07, 6.45) is 0.961. The van der Waals surface area contributed by atoms with Gasteiger partial charge in [0.1, 0.15) is 12.4 Å². The Bertz CT molecular complexity index is 669. The van der Waals surface area contributed by atoms with Gasteiger partial charge in [0.05, 0.1) is 17.0 Å². The lowest BCUT2D eigenvalue weighted by Crippen LogP contribution is -2.30. The van der Waals surface area contributed by atoms with E-state index >= 15 is 0 Å². The predicted molar refractivity (Wildman–Crippen MR) is 80.4 cm³/mol. The molecule has 3 N–H and O–H groups in total. The van der Waals surface area contributed by atoms with E-state index < -0.39 is 10.0 Å². The van der Waals surface area contributed by atoms with Gasteiger partial charge in [0, 0.05) is 6.54 Å². The lowest BCUT2D eigenvalue weighted by Gasteiger charge is -2.12. The van der Waals surface area contributed by atoms with Crippen LogP contribution in [0, 0.1) is 5.92 Å². The molecule has 0 radical (unpaired) electrons. The first kappa shape index (κ1) is 15.3. The van der Waals surface area contributed by atoms with Gasteiger partial charge in [-0.1, -0.05) is 0 Å². The van der Waals surface area contributed by atoms with E-state index in [2.05, 4.69) is 15.4 Å². The molecule has 2 aliphatic rings. The third-order valence-electron chi connectivity index (χ3n) is 3.88. The van der Waals surface area contributed by atoms with Gasteiger partial charge in [-0.2, -0.15) is 0 Å². The molecule has 1 saturated heterocycles. The molecule has 1 atom stereocenters. The molecule has 8 heteroatoms. The molecule has 1 unspecified atom stereocenters. The summed E-state index contributed by atoms with van der Waals surface area (Å²) in [5.41, 5.74) is 0.253. The maximum atomic E-state index is 12.4. The van der Waals surface area contributed by atoms with E-state index in [0.717, 1.165) is 19.5 Å². The molecule has 1 aromatic carbocycles. The first-order chi connectivity index (χ1) is 10.6. The SMILES string of the molecule is O=C1NCCOc2ccc(S(=O)(=O)NCC3CCNC3)cc21. The highest BCUT2D eigenvalue weighted by Crippen LogP contribution is 2.24. The Kier molecular flexibility index (Phi) is 4.32. The summed E-state index contributed by atoms with van der Waals surface area (Å²) >= 11 is 0. The molecule has 0 aromatic heterocycles. The Balaban J connectivity index is 1.79. The Labute approximate surface area is 129 Å². The Morgan fingerprint density at radius 3 is 2.95 bits per heavy atom. The highest BCUT2D eigenvalue weighted by atomic mass is 32.2. The minimum Gasteiger partial charge on any atom is -0.491 e. The topological polar surface area (TPSA) is 96.5 Å². The van der Waals surface area contributed by atoms with E-state index in [1.54, 1.807) is 0 Å². The number of amides is 1. The summed E-state index contributed by atoms with van der Waals surface area (Å²) in [5, 5.41) is 5.87. The van der Waals surface area contributed by atoms with Crippen molar-refractivity contribution in [2.24, 2.45) is 5.92 Å². The largest absolute Gasteiger partial charge is 0.491 e. The summed E-state index contributed by atoms with van der Waals surface area (Å²) in [6.45, 7) is 2.92. The minimum atomic E-state index is -3.63. The number of ether oxygens (including phenoxy) is 1. The smallest absolute Gasteiger partial charge is 0.255 e. The van der Waals surface area contributed by atoms with Crippen molar-refractivity contribution in [3.05, 3.63) is 23.8 Å². The molecule has 7 nitrogen and oxygen atoms in total. The third-order valence-corrected chi connectivity index (χ3v) is 5.30. The molecule has 22 heavy (non-hydrogen) atoms. The highest BCUT2D eigenvalue weighted by molar-refractivity contribution is 7.89. The second-order valence-corrected chi connectivity index (χ2v) is 7.24. The number of carbonyl (C=O) groups excluding carboxylic acids is 1. The number of benzene rings is 1. The zero-order valence-corrected chi connectivity index (χ0v) is 12.9. The van der Waals surface area contributed by atoms with Crippen LogP contribution in [0.1, 0.15) is 16.8 Å². The first-order valence-electron chi connectivity index (χ1n) is 7.32. The zero-order chi connectivity index (χ0) is 15.6. The van der Waals surface area contributed by atoms with Crippen molar-refractivity contribution in [2.45, 2.75) is 11.3 Å². The highest BCUT2D eigenvalue weighted by Gasteiger charge is 2.23. The molecule has 3 rings (SSSR count). The van der Waals surface area contributed by atoms with E-state index in [0.29, 0.717) is 31.4 Å². The molecule has 1 amide bonds. The second-order valence-electron chi connectivity index (χ2n) is 5.47. The van der Waals surface area contributed by atoms with Crippen LogP contribution in [-0.2, 0) is 10.0 Å². The van der Waals surface area contributed by atoms with Crippen LogP contribution in [-0.4, -0.2) is 47.1 Å². The molecular formula is C14H19N3O4S. The van der Waals surface area contributed by atoms with Gasteiger partial charge in [0.15, 0.2) is 0 Å². The number of nitrogens with one attached hydrogen (secondary N) is 3. The summed E-state index contributed by atoms with van der Waals surface area (Å²) in [6, 6.07) is 4.36. The average Bonchev–Trinajstić information content (AvgIpc) is 2.96. The van der Waals surface area contributed by atoms with E-state index in [-0.39, 0.29) is 16.4 Å². The summed E-state index contributed by atoms with van der Waals surface area (Å²) in [4.78, 5) is 12.0. The molecule has 0 aliphatic carbocycles. The number of hydrogen-bond donors (Lipinski definition) is 3.